The van der Waals surface area contributed by atoms with Gasteiger partial charge in [0.1, 0.15) is 10.5 Å². The number of benzene rings is 3. The first-order chi connectivity index (χ1) is 18.4. The van der Waals surface area contributed by atoms with E-state index in [1.807, 2.05) is 0 Å². The molecule has 1 saturated heterocycles. The molecule has 4 amide bonds. The van der Waals surface area contributed by atoms with Crippen molar-refractivity contribution in [3.63, 3.8) is 0 Å². The van der Waals surface area contributed by atoms with Crippen LogP contribution in [-0.2, 0) is 24.4 Å². The minimum Gasteiger partial charge on any atom is -0.465 e. The molecule has 0 unspecified atom stereocenters. The Balaban J connectivity index is 1.75. The first-order valence-electron chi connectivity index (χ1n) is 11.0. The zero-order valence-corrected chi connectivity index (χ0v) is 24.2. The number of urea groups is 1. The summed E-state index contributed by atoms with van der Waals surface area (Å²) in [4.78, 5) is 51.0. The third-order valence-corrected chi connectivity index (χ3v) is 7.77. The molecule has 1 N–H and O–H groups in total. The molecule has 1 fully saturated rings. The molecule has 0 atom stereocenters. The van der Waals surface area contributed by atoms with Crippen molar-refractivity contribution in [1.29, 1.82) is 0 Å². The minimum atomic E-state index is -4.29. The predicted molar refractivity (Wildman–Crippen MR) is 148 cm³/mol. The lowest BCUT2D eigenvalue weighted by atomic mass is 10.1. The maximum absolute atomic E-state index is 13.3. The van der Waals surface area contributed by atoms with Crippen LogP contribution in [0.3, 0.4) is 0 Å². The Labute approximate surface area is 240 Å². The molecule has 3 aromatic carbocycles. The van der Waals surface area contributed by atoms with Crippen LogP contribution in [0.2, 0.25) is 0 Å². The van der Waals surface area contributed by atoms with Crippen LogP contribution >= 0.6 is 31.9 Å². The van der Waals surface area contributed by atoms with E-state index in [1.54, 1.807) is 19.1 Å². The van der Waals surface area contributed by atoms with Gasteiger partial charge in [0.05, 0.1) is 22.8 Å². The molecule has 0 spiro atoms. The molecule has 0 bridgehead atoms. The summed E-state index contributed by atoms with van der Waals surface area (Å²) in [5, 5.41) is 2.09. The summed E-state index contributed by atoms with van der Waals surface area (Å²) in [7, 11) is -3.08. The molecule has 0 saturated carbocycles. The Bertz CT molecular complexity index is 1650. The monoisotopic (exact) mass is 676 g/mol. The molecule has 0 radical (unpaired) electrons. The third-order valence-electron chi connectivity index (χ3n) is 5.49. The van der Waals surface area contributed by atoms with Crippen molar-refractivity contribution in [3.8, 4) is 5.75 Å². The Morgan fingerprint density at radius 1 is 0.974 bits per heavy atom. The highest BCUT2D eigenvalue weighted by atomic mass is 79.9. The number of imide groups is 2. The summed E-state index contributed by atoms with van der Waals surface area (Å²) in [6.45, 7) is 1.81. The van der Waals surface area contributed by atoms with E-state index in [2.05, 4.69) is 41.9 Å². The summed E-state index contributed by atoms with van der Waals surface area (Å²) in [6, 6.07) is 13.4. The number of esters is 1. The van der Waals surface area contributed by atoms with Crippen molar-refractivity contribution in [3.05, 3.63) is 91.9 Å². The third kappa shape index (κ3) is 5.95. The Morgan fingerprint density at radius 3 is 2.23 bits per heavy atom. The van der Waals surface area contributed by atoms with Gasteiger partial charge in [-0.3, -0.25) is 14.9 Å². The molecule has 1 aliphatic heterocycles. The van der Waals surface area contributed by atoms with Crippen molar-refractivity contribution >= 4 is 77.6 Å². The lowest BCUT2D eigenvalue weighted by Crippen LogP contribution is -2.54. The van der Waals surface area contributed by atoms with Gasteiger partial charge < -0.3 is 8.92 Å². The molecular weight excluding hydrogens is 660 g/mol. The Kier molecular flexibility index (Phi) is 8.04. The zero-order valence-electron chi connectivity index (χ0n) is 20.2. The Morgan fingerprint density at radius 2 is 1.62 bits per heavy atom. The van der Waals surface area contributed by atoms with E-state index in [0.717, 1.165) is 11.6 Å². The van der Waals surface area contributed by atoms with Crippen LogP contribution in [0, 0.1) is 6.92 Å². The fourth-order valence-corrected chi connectivity index (χ4v) is 5.97. The van der Waals surface area contributed by atoms with Crippen molar-refractivity contribution in [2.75, 3.05) is 12.0 Å². The summed E-state index contributed by atoms with van der Waals surface area (Å²) in [6.07, 6.45) is 1.12. The van der Waals surface area contributed by atoms with E-state index in [-0.39, 0.29) is 31.9 Å². The van der Waals surface area contributed by atoms with Crippen molar-refractivity contribution < 1.29 is 36.5 Å². The number of carbonyl (C=O) groups excluding carboxylic acids is 4. The van der Waals surface area contributed by atoms with E-state index in [1.165, 1.54) is 55.6 Å². The first kappa shape index (κ1) is 28.2. The van der Waals surface area contributed by atoms with Crippen LogP contribution in [0.1, 0.15) is 21.5 Å². The van der Waals surface area contributed by atoms with Crippen LogP contribution in [0.15, 0.2) is 80.1 Å². The van der Waals surface area contributed by atoms with Crippen molar-refractivity contribution in [1.82, 2.24) is 5.32 Å². The molecule has 200 valence electrons. The summed E-state index contributed by atoms with van der Waals surface area (Å²) >= 11 is 6.58. The topological polar surface area (TPSA) is 136 Å². The van der Waals surface area contributed by atoms with Gasteiger partial charge in [-0.05, 0) is 77.5 Å². The van der Waals surface area contributed by atoms with Gasteiger partial charge in [-0.1, -0.05) is 33.6 Å². The fourth-order valence-electron chi connectivity index (χ4n) is 3.55. The highest BCUT2D eigenvalue weighted by Crippen LogP contribution is 2.37. The number of nitrogens with one attached hydrogen (secondary N) is 1. The molecule has 13 heteroatoms. The van der Waals surface area contributed by atoms with Gasteiger partial charge in [0, 0.05) is 10.0 Å². The highest BCUT2D eigenvalue weighted by Gasteiger charge is 2.37. The van der Waals surface area contributed by atoms with Gasteiger partial charge >= 0.3 is 22.1 Å². The van der Waals surface area contributed by atoms with Crippen LogP contribution in [0.4, 0.5) is 10.5 Å². The number of ether oxygens (including phenoxy) is 1. The maximum Gasteiger partial charge on any atom is 0.339 e. The number of anilines is 1. The van der Waals surface area contributed by atoms with Crippen LogP contribution < -0.4 is 14.4 Å². The van der Waals surface area contributed by atoms with Crippen LogP contribution in [-0.4, -0.2) is 39.3 Å². The number of amides is 4. The van der Waals surface area contributed by atoms with E-state index in [9.17, 15) is 27.6 Å². The van der Waals surface area contributed by atoms with E-state index >= 15 is 0 Å². The fraction of sp³-hybridized carbons (Fsp3) is 0.0769. The molecule has 0 aromatic heterocycles. The average molecular weight is 678 g/mol. The van der Waals surface area contributed by atoms with E-state index < -0.39 is 39.5 Å². The molecule has 4 rings (SSSR count). The summed E-state index contributed by atoms with van der Waals surface area (Å²) < 4.78 is 36.8. The van der Waals surface area contributed by atoms with Gasteiger partial charge in [0.2, 0.25) is 0 Å². The number of methoxy groups -OCH3 is 1. The molecular formula is C26H18Br2N2O8S. The van der Waals surface area contributed by atoms with E-state index in [4.69, 9.17) is 4.18 Å². The zero-order chi connectivity index (χ0) is 28.5. The minimum absolute atomic E-state index is 0.0563. The Hall–Kier alpha value is -3.81. The lowest BCUT2D eigenvalue weighted by Gasteiger charge is -2.26. The predicted octanol–water partition coefficient (Wildman–Crippen LogP) is 4.74. The molecule has 10 nitrogen and oxygen atoms in total. The molecule has 0 aliphatic carbocycles. The van der Waals surface area contributed by atoms with Gasteiger partial charge in [0.15, 0.2) is 5.75 Å². The standard InChI is InChI=1S/C26H18Br2N2O8S/c1-14-3-9-19(10-4-14)39(35,36)38-22-16(11-17(27)13-21(22)28)12-20-23(31)29-26(34)30(24(20)32)18-7-5-15(6-8-18)25(33)37-2/h3-13H,1-2H3,(H,29,31,34)/b20-12+. The molecule has 1 heterocycles. The second-order valence-corrected chi connectivity index (χ2v) is 11.5. The van der Waals surface area contributed by atoms with Crippen LogP contribution in [0.25, 0.3) is 6.08 Å². The molecule has 3 aromatic rings. The largest absolute Gasteiger partial charge is 0.465 e. The van der Waals surface area contributed by atoms with Gasteiger partial charge in [-0.25, -0.2) is 14.5 Å². The van der Waals surface area contributed by atoms with Gasteiger partial charge in [-0.15, -0.1) is 0 Å². The summed E-state index contributed by atoms with van der Waals surface area (Å²) in [5.41, 5.74) is 0.714. The summed E-state index contributed by atoms with van der Waals surface area (Å²) in [5.74, 6) is -2.76. The maximum atomic E-state index is 13.3. The van der Waals surface area contributed by atoms with Crippen LogP contribution in [0.5, 0.6) is 5.75 Å². The normalized spacial score (nSPS) is 14.8. The number of barbiturate groups is 1. The second kappa shape index (κ2) is 11.1. The van der Waals surface area contributed by atoms with Gasteiger partial charge in [-0.2, -0.15) is 8.42 Å². The number of rotatable bonds is 6. The SMILES string of the molecule is COC(=O)c1ccc(N2C(=O)NC(=O)/C(=C\c3cc(Br)cc(Br)c3OS(=O)(=O)c3ccc(C)cc3)C2=O)cc1. The smallest absolute Gasteiger partial charge is 0.339 e. The number of nitrogens with zero attached hydrogens (tertiary/aromatic N) is 1. The number of halogens is 2. The first-order valence-corrected chi connectivity index (χ1v) is 14.0. The number of aryl methyl sites for hydroxylation is 1. The lowest BCUT2D eigenvalue weighted by molar-refractivity contribution is -0.122. The van der Waals surface area contributed by atoms with Crippen molar-refractivity contribution in [2.45, 2.75) is 11.8 Å². The second-order valence-electron chi connectivity index (χ2n) is 8.15. The van der Waals surface area contributed by atoms with Gasteiger partial charge in [0.25, 0.3) is 11.8 Å². The number of hydrogen-bond donors (Lipinski definition) is 1. The molecule has 39 heavy (non-hydrogen) atoms. The number of hydrogen-bond acceptors (Lipinski definition) is 8. The molecule has 1 aliphatic rings. The average Bonchev–Trinajstić information content (AvgIpc) is 2.88. The van der Waals surface area contributed by atoms with Crippen molar-refractivity contribution in [2.24, 2.45) is 0 Å². The number of carbonyl (C=O) groups is 4. The quantitative estimate of drug-likeness (QED) is 0.171. The van der Waals surface area contributed by atoms with E-state index in [0.29, 0.717) is 9.37 Å². The highest BCUT2D eigenvalue weighted by molar-refractivity contribution is 9.11.